The molecule has 1 aliphatic heterocycles. The maximum absolute atomic E-state index is 11.9. The Bertz CT molecular complexity index is 578. The van der Waals surface area contributed by atoms with Gasteiger partial charge in [0.15, 0.2) is 0 Å². The molecule has 0 fully saturated rings. The molecule has 0 unspecified atom stereocenters. The minimum absolute atomic E-state index is 0.159. The van der Waals surface area contributed by atoms with Gasteiger partial charge in [-0.25, -0.2) is 0 Å². The minimum atomic E-state index is -0.159. The highest BCUT2D eigenvalue weighted by Crippen LogP contribution is 2.39. The van der Waals surface area contributed by atoms with Crippen molar-refractivity contribution in [2.45, 2.75) is 9.79 Å². The first-order chi connectivity index (χ1) is 7.84. The van der Waals surface area contributed by atoms with Crippen LogP contribution in [0.15, 0.2) is 63.3 Å². The number of aliphatic imine (C=N–C) groups is 1. The van der Waals surface area contributed by atoms with Crippen molar-refractivity contribution in [1.82, 2.24) is 0 Å². The quantitative estimate of drug-likeness (QED) is 0.692. The summed E-state index contributed by atoms with van der Waals surface area (Å²) in [4.78, 5) is 6.12. The van der Waals surface area contributed by atoms with Gasteiger partial charge in [-0.05, 0) is 29.7 Å². The molecule has 0 aliphatic carbocycles. The predicted octanol–water partition coefficient (Wildman–Crippen LogP) is 2.59. The first-order valence-electron chi connectivity index (χ1n) is 4.96. The van der Waals surface area contributed by atoms with Crippen LogP contribution in [0.5, 0.6) is 0 Å². The zero-order valence-corrected chi connectivity index (χ0v) is 9.20. The number of rotatable bonds is 0. The molecule has 0 saturated carbocycles. The van der Waals surface area contributed by atoms with Crippen molar-refractivity contribution in [2.75, 3.05) is 0 Å². The van der Waals surface area contributed by atoms with Crippen molar-refractivity contribution < 1.29 is 5.11 Å². The second kappa shape index (κ2) is 3.68. The molecule has 2 nitrogen and oxygen atoms in total. The Hall–Kier alpha value is -1.74. The average molecular weight is 226 g/mol. The Morgan fingerprint density at radius 1 is 0.875 bits per heavy atom. The minimum Gasteiger partial charge on any atom is -0.858 e. The highest BCUT2D eigenvalue weighted by atomic mass is 32.2. The molecular weight excluding hydrogens is 218 g/mol. The lowest BCUT2D eigenvalue weighted by Crippen LogP contribution is -2.18. The third-order valence-corrected chi connectivity index (χ3v) is 3.57. The summed E-state index contributed by atoms with van der Waals surface area (Å²) in [5.74, 6) is -0.159. The molecule has 0 saturated heterocycles. The van der Waals surface area contributed by atoms with Crippen LogP contribution in [0, 0.1) is 0 Å². The Balaban J connectivity index is 2.25. The summed E-state index contributed by atoms with van der Waals surface area (Å²) in [6.45, 7) is 0. The van der Waals surface area contributed by atoms with E-state index in [-0.39, 0.29) is 5.90 Å². The lowest BCUT2D eigenvalue weighted by molar-refractivity contribution is -0.212. The number of fused-ring (bicyclic) bond motifs is 2. The van der Waals surface area contributed by atoms with Crippen LogP contribution in [0.25, 0.3) is 0 Å². The number of hydrogen-bond acceptors (Lipinski definition) is 3. The largest absolute Gasteiger partial charge is 0.858 e. The molecule has 0 radical (unpaired) electrons. The van der Waals surface area contributed by atoms with Crippen molar-refractivity contribution in [3.05, 3.63) is 54.1 Å². The molecule has 1 heterocycles. The van der Waals surface area contributed by atoms with Gasteiger partial charge in [0.25, 0.3) is 0 Å². The predicted molar refractivity (Wildman–Crippen MR) is 63.2 cm³/mol. The van der Waals surface area contributed by atoms with Gasteiger partial charge in [0, 0.05) is 9.79 Å². The molecule has 78 valence electrons. The fraction of sp³-hybridized carbons (Fsp3) is 0. The molecule has 3 rings (SSSR count). The van der Waals surface area contributed by atoms with E-state index in [4.69, 9.17) is 0 Å². The Kier molecular flexibility index (Phi) is 2.18. The number of benzene rings is 2. The van der Waals surface area contributed by atoms with Gasteiger partial charge >= 0.3 is 0 Å². The molecule has 3 heteroatoms. The summed E-state index contributed by atoms with van der Waals surface area (Å²) >= 11 is 1.59. The van der Waals surface area contributed by atoms with E-state index in [1.807, 2.05) is 48.5 Å². The molecule has 0 N–H and O–H groups in total. The van der Waals surface area contributed by atoms with Gasteiger partial charge in [0.1, 0.15) is 0 Å². The molecule has 2 aromatic rings. The summed E-state index contributed by atoms with van der Waals surface area (Å²) in [7, 11) is 0. The van der Waals surface area contributed by atoms with Crippen LogP contribution in [0.3, 0.4) is 0 Å². The topological polar surface area (TPSA) is 35.4 Å². The van der Waals surface area contributed by atoms with Gasteiger partial charge in [-0.3, -0.25) is 4.99 Å². The summed E-state index contributed by atoms with van der Waals surface area (Å²) in [5, 5.41) is 11.9. The van der Waals surface area contributed by atoms with E-state index in [1.165, 1.54) is 0 Å². The van der Waals surface area contributed by atoms with Crippen LogP contribution in [0.2, 0.25) is 0 Å². The molecule has 0 amide bonds. The molecular formula is C13H8NOS-. The highest BCUT2D eigenvalue weighted by molar-refractivity contribution is 7.99. The van der Waals surface area contributed by atoms with E-state index < -0.39 is 0 Å². The zero-order chi connectivity index (χ0) is 11.0. The Morgan fingerprint density at radius 2 is 1.56 bits per heavy atom. The standard InChI is InChI=1S/C13H9NOS/c15-13-9-5-1-3-7-11(9)16-12-8-4-2-6-10(12)14-13/h1-8H,(H,14,15)/p-1. The van der Waals surface area contributed by atoms with Crippen molar-refractivity contribution in [2.24, 2.45) is 4.99 Å². The SMILES string of the molecule is [O-]C1=Nc2ccccc2Sc2ccccc21. The first kappa shape index (κ1) is 9.48. The summed E-state index contributed by atoms with van der Waals surface area (Å²) in [5.41, 5.74) is 1.44. The van der Waals surface area contributed by atoms with Gasteiger partial charge < -0.3 is 5.11 Å². The lowest BCUT2D eigenvalue weighted by atomic mass is 10.2. The highest BCUT2D eigenvalue weighted by Gasteiger charge is 2.11. The van der Waals surface area contributed by atoms with Crippen molar-refractivity contribution in [3.63, 3.8) is 0 Å². The molecule has 0 bridgehead atoms. The molecule has 0 atom stereocenters. The second-order valence-electron chi connectivity index (χ2n) is 3.48. The van der Waals surface area contributed by atoms with Gasteiger partial charge in [0.05, 0.1) is 5.69 Å². The van der Waals surface area contributed by atoms with E-state index in [0.717, 1.165) is 15.5 Å². The number of para-hydroxylation sites is 1. The fourth-order valence-electron chi connectivity index (χ4n) is 1.66. The average Bonchev–Trinajstić information content (AvgIpc) is 2.45. The maximum atomic E-state index is 11.9. The van der Waals surface area contributed by atoms with E-state index >= 15 is 0 Å². The van der Waals surface area contributed by atoms with E-state index in [2.05, 4.69) is 4.99 Å². The van der Waals surface area contributed by atoms with Gasteiger partial charge in [-0.1, -0.05) is 42.1 Å². The smallest absolute Gasteiger partial charge is 0.0762 e. The lowest BCUT2D eigenvalue weighted by Gasteiger charge is -2.10. The molecule has 0 spiro atoms. The third-order valence-electron chi connectivity index (χ3n) is 2.42. The second-order valence-corrected chi connectivity index (χ2v) is 4.57. The molecule has 0 aromatic heterocycles. The number of nitrogens with zero attached hydrogens (tertiary/aromatic N) is 1. The van der Waals surface area contributed by atoms with Crippen LogP contribution in [0.1, 0.15) is 5.56 Å². The van der Waals surface area contributed by atoms with Crippen LogP contribution in [-0.2, 0) is 0 Å². The van der Waals surface area contributed by atoms with Crippen LogP contribution in [0.4, 0.5) is 5.69 Å². The summed E-state index contributed by atoms with van der Waals surface area (Å²) in [6.07, 6.45) is 0. The van der Waals surface area contributed by atoms with Gasteiger partial charge in [-0.15, -0.1) is 0 Å². The van der Waals surface area contributed by atoms with Crippen molar-refractivity contribution in [3.8, 4) is 0 Å². The van der Waals surface area contributed by atoms with Crippen molar-refractivity contribution in [1.29, 1.82) is 0 Å². The van der Waals surface area contributed by atoms with E-state index in [9.17, 15) is 5.11 Å². The van der Waals surface area contributed by atoms with Gasteiger partial charge in [-0.2, -0.15) is 0 Å². The van der Waals surface area contributed by atoms with Crippen LogP contribution < -0.4 is 5.11 Å². The fourth-order valence-corrected chi connectivity index (χ4v) is 2.67. The van der Waals surface area contributed by atoms with E-state index in [0.29, 0.717) is 5.56 Å². The summed E-state index contributed by atoms with van der Waals surface area (Å²) < 4.78 is 0. The molecule has 1 aliphatic rings. The Labute approximate surface area is 97.7 Å². The maximum Gasteiger partial charge on any atom is 0.0762 e. The van der Waals surface area contributed by atoms with E-state index in [1.54, 1.807) is 11.8 Å². The number of hydrogen-bond donors (Lipinski definition) is 0. The third kappa shape index (κ3) is 1.49. The molecule has 2 aromatic carbocycles. The summed E-state index contributed by atoms with van der Waals surface area (Å²) in [6, 6.07) is 15.3. The molecule has 16 heavy (non-hydrogen) atoms. The van der Waals surface area contributed by atoms with Crippen molar-refractivity contribution >= 4 is 23.3 Å². The monoisotopic (exact) mass is 226 g/mol. The van der Waals surface area contributed by atoms with Crippen LogP contribution in [-0.4, -0.2) is 5.90 Å². The Morgan fingerprint density at radius 3 is 2.44 bits per heavy atom. The first-order valence-corrected chi connectivity index (χ1v) is 5.78. The zero-order valence-electron chi connectivity index (χ0n) is 8.38. The van der Waals surface area contributed by atoms with Gasteiger partial charge in [0.2, 0.25) is 0 Å². The normalized spacial score (nSPS) is 13.4. The van der Waals surface area contributed by atoms with Crippen LogP contribution >= 0.6 is 11.8 Å².